The predicted molar refractivity (Wildman–Crippen MR) is 153 cm³/mol. The SMILES string of the molecule is CC(C)/C=C/C(=O)NCCCCCCNC(=O)C(C)C.CCC(=O)NCCCCCCOC(C)C.[HH].[HH].[HH]. The van der Waals surface area contributed by atoms with Crippen molar-refractivity contribution >= 4 is 17.7 Å². The topological polar surface area (TPSA) is 96.5 Å². The summed E-state index contributed by atoms with van der Waals surface area (Å²) in [6, 6.07) is 0. The van der Waals surface area contributed by atoms with Crippen LogP contribution in [0.5, 0.6) is 0 Å². The Bertz CT molecular complexity index is 576. The summed E-state index contributed by atoms with van der Waals surface area (Å²) < 4.78 is 5.43. The van der Waals surface area contributed by atoms with Crippen LogP contribution in [0.15, 0.2) is 12.2 Å². The lowest BCUT2D eigenvalue weighted by Gasteiger charge is -2.07. The number of carbonyl (C=O) groups excluding carboxylic acids is 3. The van der Waals surface area contributed by atoms with E-state index in [0.717, 1.165) is 64.8 Å². The molecular formula is C28H61N3O4. The standard InChI is InChI=1S/C16H30N2O2.C12H25NO2.3H2/c1-13(2)9-10-15(19)17-11-7-5-6-8-12-18-16(20)14(3)4;1-4-12(14)13-9-7-5-6-8-10-15-11(2)3;;;/h9-10,13-14H,5-8,11-12H2,1-4H3,(H,17,19)(H,18,20);11H,4-10H2,1-3H3,(H,13,14);3*1H/b10-9+;;;;. The molecule has 212 valence electrons. The van der Waals surface area contributed by atoms with Crippen molar-refractivity contribution in [2.24, 2.45) is 11.8 Å². The lowest BCUT2D eigenvalue weighted by atomic mass is 10.1. The molecule has 0 fully saturated rings. The van der Waals surface area contributed by atoms with Crippen molar-refractivity contribution < 1.29 is 23.4 Å². The molecule has 0 unspecified atom stereocenters. The first kappa shape index (κ1) is 35.3. The quantitative estimate of drug-likeness (QED) is 0.151. The molecule has 0 saturated heterocycles. The summed E-state index contributed by atoms with van der Waals surface area (Å²) in [5.74, 6) is 0.723. The summed E-state index contributed by atoms with van der Waals surface area (Å²) in [6.07, 6.45) is 13.1. The van der Waals surface area contributed by atoms with E-state index in [1.807, 2.05) is 40.7 Å². The summed E-state index contributed by atoms with van der Waals surface area (Å²) in [4.78, 5) is 33.6. The monoisotopic (exact) mass is 503 g/mol. The van der Waals surface area contributed by atoms with Gasteiger partial charge in [-0.3, -0.25) is 14.4 Å². The number of ether oxygens (including phenoxy) is 1. The first-order valence-electron chi connectivity index (χ1n) is 13.7. The van der Waals surface area contributed by atoms with Gasteiger partial charge < -0.3 is 20.7 Å². The van der Waals surface area contributed by atoms with Crippen LogP contribution in [0.1, 0.15) is 111 Å². The van der Waals surface area contributed by atoms with E-state index in [9.17, 15) is 14.4 Å². The molecule has 7 heteroatoms. The molecule has 0 atom stereocenters. The number of hydrogen-bond donors (Lipinski definition) is 3. The summed E-state index contributed by atoms with van der Waals surface area (Å²) in [5.41, 5.74) is 0. The highest BCUT2D eigenvalue weighted by Gasteiger charge is 2.04. The van der Waals surface area contributed by atoms with Crippen LogP contribution in [0.3, 0.4) is 0 Å². The number of carbonyl (C=O) groups is 3. The molecule has 0 aliphatic rings. The van der Waals surface area contributed by atoms with Crippen molar-refractivity contribution in [3.05, 3.63) is 12.2 Å². The van der Waals surface area contributed by atoms with Crippen LogP contribution < -0.4 is 16.0 Å². The first-order valence-corrected chi connectivity index (χ1v) is 13.7. The minimum atomic E-state index is -0.0112. The van der Waals surface area contributed by atoms with Gasteiger partial charge in [0.15, 0.2) is 0 Å². The summed E-state index contributed by atoms with van der Waals surface area (Å²) >= 11 is 0. The lowest BCUT2D eigenvalue weighted by molar-refractivity contribution is -0.124. The second-order valence-corrected chi connectivity index (χ2v) is 9.79. The largest absolute Gasteiger partial charge is 0.379 e. The maximum Gasteiger partial charge on any atom is 0.243 e. The molecule has 0 spiro atoms. The summed E-state index contributed by atoms with van der Waals surface area (Å²) in [7, 11) is 0. The fourth-order valence-corrected chi connectivity index (χ4v) is 2.82. The maximum atomic E-state index is 11.4. The van der Waals surface area contributed by atoms with Crippen molar-refractivity contribution in [2.45, 2.75) is 112 Å². The Morgan fingerprint density at radius 2 is 1.26 bits per heavy atom. The second kappa shape index (κ2) is 25.2. The van der Waals surface area contributed by atoms with Crippen molar-refractivity contribution in [1.29, 1.82) is 0 Å². The third-order valence-corrected chi connectivity index (χ3v) is 5.02. The average Bonchev–Trinajstić information content (AvgIpc) is 2.80. The van der Waals surface area contributed by atoms with Crippen LogP contribution in [0, 0.1) is 11.8 Å². The number of unbranched alkanes of at least 4 members (excludes halogenated alkanes) is 6. The lowest BCUT2D eigenvalue weighted by Crippen LogP contribution is -2.28. The Morgan fingerprint density at radius 1 is 0.743 bits per heavy atom. The Morgan fingerprint density at radius 3 is 1.74 bits per heavy atom. The van der Waals surface area contributed by atoms with Crippen LogP contribution in [0.2, 0.25) is 0 Å². The van der Waals surface area contributed by atoms with Gasteiger partial charge in [0.25, 0.3) is 0 Å². The van der Waals surface area contributed by atoms with Crippen LogP contribution >= 0.6 is 0 Å². The highest BCUT2D eigenvalue weighted by molar-refractivity contribution is 5.87. The van der Waals surface area contributed by atoms with Crippen molar-refractivity contribution in [1.82, 2.24) is 16.0 Å². The minimum Gasteiger partial charge on any atom is -0.379 e. The molecule has 0 bridgehead atoms. The molecule has 35 heavy (non-hydrogen) atoms. The van der Waals surface area contributed by atoms with E-state index in [4.69, 9.17) is 4.74 Å². The average molecular weight is 504 g/mol. The molecule has 0 rings (SSSR count). The van der Waals surface area contributed by atoms with Gasteiger partial charge in [-0.1, -0.05) is 66.4 Å². The zero-order chi connectivity index (χ0) is 26.9. The van der Waals surface area contributed by atoms with E-state index in [-0.39, 0.29) is 27.9 Å². The molecule has 0 heterocycles. The van der Waals surface area contributed by atoms with Gasteiger partial charge in [0.2, 0.25) is 17.7 Å². The van der Waals surface area contributed by atoms with E-state index >= 15 is 0 Å². The van der Waals surface area contributed by atoms with Gasteiger partial charge in [0, 0.05) is 42.9 Å². The van der Waals surface area contributed by atoms with Crippen LogP contribution in [-0.2, 0) is 19.1 Å². The highest BCUT2D eigenvalue weighted by atomic mass is 16.5. The number of hydrogen-bond acceptors (Lipinski definition) is 4. The van der Waals surface area contributed by atoms with Crippen LogP contribution in [-0.4, -0.2) is 50.1 Å². The molecule has 7 nitrogen and oxygen atoms in total. The van der Waals surface area contributed by atoms with E-state index in [1.165, 1.54) is 12.8 Å². The van der Waals surface area contributed by atoms with Gasteiger partial charge in [-0.15, -0.1) is 0 Å². The highest BCUT2D eigenvalue weighted by Crippen LogP contribution is 2.01. The number of allylic oxidation sites excluding steroid dienone is 1. The van der Waals surface area contributed by atoms with Crippen molar-refractivity contribution in [3.8, 4) is 0 Å². The molecule has 0 aromatic heterocycles. The molecule has 0 aliphatic heterocycles. The zero-order valence-corrected chi connectivity index (χ0v) is 23.7. The number of rotatable bonds is 19. The smallest absolute Gasteiger partial charge is 0.243 e. The Kier molecular flexibility index (Phi) is 25.4. The van der Waals surface area contributed by atoms with E-state index in [1.54, 1.807) is 6.08 Å². The molecule has 0 aromatic rings. The zero-order valence-electron chi connectivity index (χ0n) is 23.7. The van der Waals surface area contributed by atoms with E-state index < -0.39 is 0 Å². The molecule has 3 N–H and O–H groups in total. The number of amides is 3. The first-order chi connectivity index (χ1) is 16.6. The third kappa shape index (κ3) is 30.1. The fraction of sp³-hybridized carbons (Fsp3) is 0.821. The van der Waals surface area contributed by atoms with Crippen molar-refractivity contribution in [2.75, 3.05) is 26.2 Å². The normalized spacial score (nSPS) is 11.0. The number of nitrogens with one attached hydrogen (secondary N) is 3. The van der Waals surface area contributed by atoms with Gasteiger partial charge in [-0.2, -0.15) is 0 Å². The fourth-order valence-electron chi connectivity index (χ4n) is 2.82. The predicted octanol–water partition coefficient (Wildman–Crippen LogP) is 5.88. The molecule has 3 amide bonds. The summed E-state index contributed by atoms with van der Waals surface area (Å²) in [6.45, 7) is 17.0. The van der Waals surface area contributed by atoms with Gasteiger partial charge in [0.1, 0.15) is 0 Å². The molecule has 0 radical (unpaired) electrons. The molecule has 0 saturated carbocycles. The van der Waals surface area contributed by atoms with Gasteiger partial charge in [-0.05, 0) is 51.5 Å². The van der Waals surface area contributed by atoms with Crippen LogP contribution in [0.4, 0.5) is 0 Å². The van der Waals surface area contributed by atoms with E-state index in [2.05, 4.69) is 29.8 Å². The third-order valence-electron chi connectivity index (χ3n) is 5.02. The van der Waals surface area contributed by atoms with Gasteiger partial charge in [-0.25, -0.2) is 0 Å². The van der Waals surface area contributed by atoms with Crippen molar-refractivity contribution in [3.63, 3.8) is 0 Å². The van der Waals surface area contributed by atoms with Gasteiger partial charge in [0.05, 0.1) is 6.10 Å². The van der Waals surface area contributed by atoms with Crippen LogP contribution in [0.25, 0.3) is 0 Å². The second-order valence-electron chi connectivity index (χ2n) is 9.79. The minimum absolute atomic E-state index is 0. The Hall–Kier alpha value is -1.89. The molecule has 0 aromatic carbocycles. The van der Waals surface area contributed by atoms with E-state index in [0.29, 0.717) is 18.4 Å². The Labute approximate surface area is 220 Å². The van der Waals surface area contributed by atoms with Gasteiger partial charge >= 0.3 is 0 Å². The summed E-state index contributed by atoms with van der Waals surface area (Å²) in [5, 5.41) is 8.64. The molecule has 0 aliphatic carbocycles. The Balaban J connectivity index is -0.000000183. The maximum absolute atomic E-state index is 11.4. The molecular weight excluding hydrogens is 442 g/mol.